The molecule has 0 aromatic carbocycles. The van der Waals surface area contributed by atoms with Crippen molar-refractivity contribution < 1.29 is 29.6 Å². The fourth-order valence-corrected chi connectivity index (χ4v) is 2.24. The number of rotatable bonds is 4. The molecule has 0 saturated carbocycles. The van der Waals surface area contributed by atoms with Crippen LogP contribution < -0.4 is 11.2 Å². The maximum absolute atomic E-state index is 11.9. The summed E-state index contributed by atoms with van der Waals surface area (Å²) in [5.41, 5.74) is -1.73. The van der Waals surface area contributed by atoms with Gasteiger partial charge < -0.3 is 24.8 Å². The Bertz CT molecular complexity index is 666. The lowest BCUT2D eigenvalue weighted by Crippen LogP contribution is -2.41. The van der Waals surface area contributed by atoms with Gasteiger partial charge in [0.1, 0.15) is 12.2 Å². The zero-order valence-electron chi connectivity index (χ0n) is 11.6. The number of nitrogens with zero attached hydrogens (tertiary/aromatic N) is 1. The van der Waals surface area contributed by atoms with Gasteiger partial charge in [-0.15, -0.1) is 0 Å². The van der Waals surface area contributed by atoms with E-state index < -0.39 is 55.0 Å². The lowest BCUT2D eigenvalue weighted by Gasteiger charge is -2.21. The topological polar surface area (TPSA) is 151 Å². The van der Waals surface area contributed by atoms with Gasteiger partial charge in [-0.3, -0.25) is 19.1 Å². The number of H-pyrrole nitrogens is 1. The number of aliphatic hydroxyl groups is 3. The normalized spacial score (nSPS) is 27.8. The molecule has 0 aliphatic carbocycles. The summed E-state index contributed by atoms with van der Waals surface area (Å²) in [4.78, 5) is 36.5. The Kier molecular flexibility index (Phi) is 4.76. The average molecular weight is 316 g/mol. The van der Waals surface area contributed by atoms with Crippen LogP contribution in [-0.2, 0) is 20.9 Å². The Hall–Kier alpha value is -2.01. The molecule has 122 valence electrons. The number of aromatic amines is 1. The van der Waals surface area contributed by atoms with Gasteiger partial charge in [-0.1, -0.05) is 0 Å². The van der Waals surface area contributed by atoms with Crippen LogP contribution in [0.15, 0.2) is 15.8 Å². The smallest absolute Gasteiger partial charge is 0.330 e. The number of hydrogen-bond acceptors (Lipinski definition) is 8. The van der Waals surface area contributed by atoms with E-state index in [-0.39, 0.29) is 5.56 Å². The molecule has 1 saturated heterocycles. The van der Waals surface area contributed by atoms with Crippen molar-refractivity contribution in [3.63, 3.8) is 0 Å². The van der Waals surface area contributed by atoms with Crippen molar-refractivity contribution in [1.29, 1.82) is 0 Å². The molecule has 1 aliphatic heterocycles. The van der Waals surface area contributed by atoms with Crippen molar-refractivity contribution in [3.05, 3.63) is 32.6 Å². The largest absolute Gasteiger partial charge is 0.455 e. The van der Waals surface area contributed by atoms with Gasteiger partial charge in [-0.25, -0.2) is 4.79 Å². The number of nitrogens with one attached hydrogen (secondary N) is 1. The molecule has 0 bridgehead atoms. The molecule has 2 heterocycles. The van der Waals surface area contributed by atoms with Crippen LogP contribution in [0.2, 0.25) is 0 Å². The standard InChI is InChI=1S/C12H16N2O8/c1-5(17)21-9-8(18)7(4-16)22-11(9)14-2-6(3-15)10(19)13-12(14)20/h2,7-9,11,15-16,18H,3-4H2,1H3,(H,13,19,20)/t7-,8-,9-,11-/m1/s1. The predicted octanol–water partition coefficient (Wildman–Crippen LogP) is -2.79. The first kappa shape index (κ1) is 16.4. The summed E-state index contributed by atoms with van der Waals surface area (Å²) in [6.07, 6.45) is -3.86. The van der Waals surface area contributed by atoms with E-state index in [1.54, 1.807) is 0 Å². The lowest BCUT2D eigenvalue weighted by molar-refractivity contribution is -0.156. The second-order valence-corrected chi connectivity index (χ2v) is 4.79. The Morgan fingerprint density at radius 2 is 2.14 bits per heavy atom. The second-order valence-electron chi connectivity index (χ2n) is 4.79. The highest BCUT2D eigenvalue weighted by Gasteiger charge is 2.47. The molecular weight excluding hydrogens is 300 g/mol. The van der Waals surface area contributed by atoms with Gasteiger partial charge in [0.25, 0.3) is 5.56 Å². The van der Waals surface area contributed by atoms with Crippen LogP contribution in [0.5, 0.6) is 0 Å². The Morgan fingerprint density at radius 3 is 2.68 bits per heavy atom. The van der Waals surface area contributed by atoms with Crippen LogP contribution in [0.1, 0.15) is 18.7 Å². The minimum Gasteiger partial charge on any atom is -0.455 e. The number of esters is 1. The molecule has 0 radical (unpaired) electrons. The fourth-order valence-electron chi connectivity index (χ4n) is 2.24. The van der Waals surface area contributed by atoms with Crippen molar-refractivity contribution in [2.75, 3.05) is 6.61 Å². The van der Waals surface area contributed by atoms with Crippen molar-refractivity contribution in [2.24, 2.45) is 0 Å². The first-order chi connectivity index (χ1) is 10.4. The number of ether oxygens (including phenoxy) is 2. The number of hydrogen-bond donors (Lipinski definition) is 4. The predicted molar refractivity (Wildman–Crippen MR) is 69.8 cm³/mol. The molecular formula is C12H16N2O8. The molecule has 1 aliphatic rings. The number of aromatic nitrogens is 2. The zero-order valence-corrected chi connectivity index (χ0v) is 11.6. The summed E-state index contributed by atoms with van der Waals surface area (Å²) in [5.74, 6) is -0.712. The molecule has 1 aromatic heterocycles. The highest BCUT2D eigenvalue weighted by molar-refractivity contribution is 5.66. The summed E-state index contributed by atoms with van der Waals surface area (Å²) in [6.45, 7) is -0.0578. The molecule has 1 fully saturated rings. The van der Waals surface area contributed by atoms with E-state index in [0.29, 0.717) is 0 Å². The molecule has 1 aromatic rings. The third kappa shape index (κ3) is 2.95. The summed E-state index contributed by atoms with van der Waals surface area (Å²) in [5, 5.41) is 28.2. The van der Waals surface area contributed by atoms with Gasteiger partial charge in [0.2, 0.25) is 0 Å². The zero-order chi connectivity index (χ0) is 16.4. The number of carbonyl (C=O) groups is 1. The van der Waals surface area contributed by atoms with E-state index in [4.69, 9.17) is 19.7 Å². The van der Waals surface area contributed by atoms with E-state index in [2.05, 4.69) is 0 Å². The van der Waals surface area contributed by atoms with Crippen LogP contribution in [0.25, 0.3) is 0 Å². The average Bonchev–Trinajstić information content (AvgIpc) is 2.75. The maximum atomic E-state index is 11.9. The first-order valence-electron chi connectivity index (χ1n) is 6.45. The van der Waals surface area contributed by atoms with Gasteiger partial charge in [-0.2, -0.15) is 0 Å². The Morgan fingerprint density at radius 1 is 1.45 bits per heavy atom. The first-order valence-corrected chi connectivity index (χ1v) is 6.45. The fraction of sp³-hybridized carbons (Fsp3) is 0.583. The molecule has 0 spiro atoms. The minimum atomic E-state index is -1.35. The van der Waals surface area contributed by atoms with Crippen LogP contribution in [0.3, 0.4) is 0 Å². The minimum absolute atomic E-state index is 0.105. The van der Waals surface area contributed by atoms with Crippen LogP contribution >= 0.6 is 0 Å². The summed E-state index contributed by atoms with van der Waals surface area (Å²) in [6, 6.07) is 0. The Labute approximate surface area is 123 Å². The molecule has 10 nitrogen and oxygen atoms in total. The molecule has 0 unspecified atom stereocenters. The molecule has 10 heteroatoms. The highest BCUT2D eigenvalue weighted by Crippen LogP contribution is 2.30. The van der Waals surface area contributed by atoms with Crippen LogP contribution in [0, 0.1) is 0 Å². The van der Waals surface area contributed by atoms with Crippen LogP contribution in [0.4, 0.5) is 0 Å². The molecule has 4 N–H and O–H groups in total. The molecule has 2 rings (SSSR count). The monoisotopic (exact) mass is 316 g/mol. The van der Waals surface area contributed by atoms with Crippen molar-refractivity contribution in [1.82, 2.24) is 9.55 Å². The number of carbonyl (C=O) groups excluding carboxylic acids is 1. The summed E-state index contributed by atoms with van der Waals surface area (Å²) < 4.78 is 11.2. The molecule has 0 amide bonds. The van der Waals surface area contributed by atoms with E-state index in [0.717, 1.165) is 17.7 Å². The van der Waals surface area contributed by atoms with Crippen LogP contribution in [-0.4, -0.2) is 55.8 Å². The van der Waals surface area contributed by atoms with E-state index in [1.807, 2.05) is 4.98 Å². The number of aliphatic hydroxyl groups excluding tert-OH is 3. The van der Waals surface area contributed by atoms with E-state index in [1.165, 1.54) is 0 Å². The van der Waals surface area contributed by atoms with Crippen molar-refractivity contribution >= 4 is 5.97 Å². The SMILES string of the molecule is CC(=O)O[C@@H]1[C@H](O)[C@@H](CO)O[C@H]1n1cc(CO)c(=O)[nH]c1=O. The summed E-state index contributed by atoms with van der Waals surface area (Å²) >= 11 is 0. The van der Waals surface area contributed by atoms with Gasteiger partial charge in [0.05, 0.1) is 18.8 Å². The maximum Gasteiger partial charge on any atom is 0.330 e. The van der Waals surface area contributed by atoms with E-state index >= 15 is 0 Å². The third-order valence-electron chi connectivity index (χ3n) is 3.28. The summed E-state index contributed by atoms with van der Waals surface area (Å²) in [7, 11) is 0. The highest BCUT2D eigenvalue weighted by atomic mass is 16.6. The van der Waals surface area contributed by atoms with Gasteiger partial charge in [-0.05, 0) is 0 Å². The lowest BCUT2D eigenvalue weighted by atomic mass is 10.1. The van der Waals surface area contributed by atoms with Gasteiger partial charge >= 0.3 is 11.7 Å². The Balaban J connectivity index is 2.46. The van der Waals surface area contributed by atoms with Crippen molar-refractivity contribution in [2.45, 2.75) is 38.1 Å². The van der Waals surface area contributed by atoms with Crippen molar-refractivity contribution in [3.8, 4) is 0 Å². The second kappa shape index (κ2) is 6.40. The van der Waals surface area contributed by atoms with E-state index in [9.17, 15) is 19.5 Å². The van der Waals surface area contributed by atoms with Gasteiger partial charge in [0, 0.05) is 13.1 Å². The third-order valence-corrected chi connectivity index (χ3v) is 3.28. The quantitative estimate of drug-likeness (QED) is 0.435. The van der Waals surface area contributed by atoms with Gasteiger partial charge in [0.15, 0.2) is 12.3 Å². The molecule has 4 atom stereocenters. The molecule has 22 heavy (non-hydrogen) atoms.